The Morgan fingerprint density at radius 2 is 0.489 bits per heavy atom. The van der Waals surface area contributed by atoms with Gasteiger partial charge in [0.05, 0.1) is 17.1 Å². The Balaban J connectivity index is 0.924. The second-order valence-corrected chi connectivity index (χ2v) is 22.6. The van der Waals surface area contributed by atoms with Crippen LogP contribution in [0.2, 0.25) is 0 Å². The first-order chi connectivity index (χ1) is 43.6. The minimum atomic E-state index is 0.844. The zero-order valence-corrected chi connectivity index (χ0v) is 48.9. The Bertz CT molecular complexity index is 4500. The highest BCUT2D eigenvalue weighted by atomic mass is 14.7. The van der Waals surface area contributed by atoms with E-state index in [-0.39, 0.29) is 0 Å². The van der Waals surface area contributed by atoms with Crippen LogP contribution in [0, 0.1) is 0 Å². The lowest BCUT2D eigenvalue weighted by Gasteiger charge is -2.20. The molecule has 3 aromatic heterocycles. The molecule has 14 rings (SSSR count). The molecular weight excluding hydrogens is 1060 g/mol. The van der Waals surface area contributed by atoms with Gasteiger partial charge in [0.25, 0.3) is 0 Å². The normalized spacial score (nSPS) is 11.1. The molecule has 0 atom stereocenters. The van der Waals surface area contributed by atoms with Crippen molar-refractivity contribution in [2.45, 2.75) is 25.7 Å². The predicted octanol–water partition coefficient (Wildman–Crippen LogP) is 21.8. The lowest BCUT2D eigenvalue weighted by atomic mass is 9.84. The topological polar surface area (TPSA) is 38.7 Å². The largest absolute Gasteiger partial charge is 0.256 e. The molecule has 0 fully saturated rings. The Kier molecular flexibility index (Phi) is 15.9. The number of hydrogen-bond donors (Lipinski definition) is 0. The SMILES string of the molecule is c1ccc(-c2ccc(-c3ccc(-c4cc(CCc5ccc(-c6ccccn6)cc5-c5ccccc5)cc(CCc5ccc(-c6ccccn6)cc5-c5ccccc5)c4)c(-c4ccc(-c5ccccn5)cc4-c4ccc(-c5ccccc5)cc4)c3)cc2)cc1. The zero-order valence-electron chi connectivity index (χ0n) is 48.9. The molecule has 0 radical (unpaired) electrons. The molecule has 0 N–H and O–H groups in total. The van der Waals surface area contributed by atoms with Gasteiger partial charge in [-0.05, 0) is 198 Å². The first-order valence-electron chi connectivity index (χ1n) is 30.4. The molecule has 0 unspecified atom stereocenters. The molecule has 3 heteroatoms. The Labute approximate surface area is 516 Å². The van der Waals surface area contributed by atoms with Crippen LogP contribution in [0.25, 0.3) is 123 Å². The van der Waals surface area contributed by atoms with Gasteiger partial charge in [0.1, 0.15) is 0 Å². The molecule has 0 saturated heterocycles. The molecule has 0 saturated carbocycles. The molecule has 0 spiro atoms. The third-order valence-electron chi connectivity index (χ3n) is 17.0. The van der Waals surface area contributed by atoms with E-state index in [0.29, 0.717) is 0 Å². The monoisotopic (exact) mass is 1130 g/mol. The Hall–Kier alpha value is -11.1. The van der Waals surface area contributed by atoms with Gasteiger partial charge in [-0.25, -0.2) is 0 Å². The van der Waals surface area contributed by atoms with Gasteiger partial charge in [-0.3, -0.25) is 15.0 Å². The van der Waals surface area contributed by atoms with Gasteiger partial charge in [0.15, 0.2) is 0 Å². The van der Waals surface area contributed by atoms with Crippen LogP contribution in [-0.2, 0) is 25.7 Å². The Morgan fingerprint density at radius 1 is 0.170 bits per heavy atom. The van der Waals surface area contributed by atoms with Crippen molar-refractivity contribution in [2.24, 2.45) is 0 Å². The third kappa shape index (κ3) is 12.2. The number of rotatable bonds is 17. The maximum atomic E-state index is 4.86. The summed E-state index contributed by atoms with van der Waals surface area (Å²) in [5.41, 5.74) is 30.2. The van der Waals surface area contributed by atoms with Crippen molar-refractivity contribution in [3.63, 3.8) is 0 Å². The lowest BCUT2D eigenvalue weighted by Crippen LogP contribution is -2.00. The summed E-state index contributed by atoms with van der Waals surface area (Å²) < 4.78 is 0. The zero-order chi connectivity index (χ0) is 58.9. The van der Waals surface area contributed by atoms with Gasteiger partial charge < -0.3 is 0 Å². The van der Waals surface area contributed by atoms with Crippen LogP contribution in [0.5, 0.6) is 0 Å². The van der Waals surface area contributed by atoms with Crippen molar-refractivity contribution in [3.8, 4) is 123 Å². The summed E-state index contributed by atoms with van der Waals surface area (Å²) in [6.07, 6.45) is 9.02. The van der Waals surface area contributed by atoms with Crippen molar-refractivity contribution in [2.75, 3.05) is 0 Å². The molecule has 0 aliphatic heterocycles. The predicted molar refractivity (Wildman–Crippen MR) is 367 cm³/mol. The average molecular weight is 1130 g/mol. The summed E-state index contributed by atoms with van der Waals surface area (Å²) in [5, 5.41) is 0. The summed E-state index contributed by atoms with van der Waals surface area (Å²) in [7, 11) is 0. The minimum Gasteiger partial charge on any atom is -0.256 e. The lowest BCUT2D eigenvalue weighted by molar-refractivity contribution is 0.933. The van der Waals surface area contributed by atoms with E-state index in [1.165, 1.54) is 77.9 Å². The van der Waals surface area contributed by atoms with Crippen LogP contribution in [0.1, 0.15) is 22.3 Å². The van der Waals surface area contributed by atoms with Crippen molar-refractivity contribution in [1.82, 2.24) is 15.0 Å². The fourth-order valence-electron chi connectivity index (χ4n) is 12.4. The highest BCUT2D eigenvalue weighted by Gasteiger charge is 2.20. The fraction of sp³-hybridized carbons (Fsp3) is 0.0471. The van der Waals surface area contributed by atoms with Crippen molar-refractivity contribution < 1.29 is 0 Å². The first kappa shape index (κ1) is 54.8. The summed E-state index contributed by atoms with van der Waals surface area (Å²) in [4.78, 5) is 14.4. The smallest absolute Gasteiger partial charge is 0.0702 e. The minimum absolute atomic E-state index is 0.844. The fourth-order valence-corrected chi connectivity index (χ4v) is 12.4. The summed E-state index contributed by atoms with van der Waals surface area (Å²) >= 11 is 0. The number of aryl methyl sites for hydroxylation is 4. The molecule has 3 nitrogen and oxygen atoms in total. The van der Waals surface area contributed by atoms with Gasteiger partial charge >= 0.3 is 0 Å². The van der Waals surface area contributed by atoms with E-state index >= 15 is 0 Å². The maximum Gasteiger partial charge on any atom is 0.0702 e. The van der Waals surface area contributed by atoms with Gasteiger partial charge in [-0.2, -0.15) is 0 Å². The van der Waals surface area contributed by atoms with E-state index in [1.807, 2.05) is 36.8 Å². The van der Waals surface area contributed by atoms with Crippen molar-refractivity contribution in [1.29, 1.82) is 0 Å². The molecule has 88 heavy (non-hydrogen) atoms. The van der Waals surface area contributed by atoms with E-state index in [1.54, 1.807) is 0 Å². The second kappa shape index (κ2) is 25.6. The van der Waals surface area contributed by atoms with Gasteiger partial charge in [0, 0.05) is 35.3 Å². The quantitative estimate of drug-likeness (QED) is 0.0912. The first-order valence-corrected chi connectivity index (χ1v) is 30.4. The van der Waals surface area contributed by atoms with Crippen molar-refractivity contribution >= 4 is 0 Å². The van der Waals surface area contributed by atoms with E-state index in [9.17, 15) is 0 Å². The molecule has 0 amide bonds. The van der Waals surface area contributed by atoms with Gasteiger partial charge in [-0.1, -0.05) is 255 Å². The molecule has 0 aliphatic rings. The standard InChI is InChI=1S/C85H63N3/c1-5-19-62(20-6-1)64-34-36-66(37-35-64)72-46-48-77(82(56-72)78-49-47-75(85-29-15-18-52-88-85)59-81(78)71-40-38-65(39-41-71)63-21-7-2-8-22-63)76-54-60(30-32-69-42-44-73(83-27-13-16-50-86-83)57-79(69)67-23-9-3-10-24-67)53-61(55-76)31-33-70-43-45-74(84-28-14-17-51-87-84)58-80(70)68-25-11-4-12-26-68/h1-29,34-59H,30-33H2. The van der Waals surface area contributed by atoms with Gasteiger partial charge in [-0.15, -0.1) is 0 Å². The van der Waals surface area contributed by atoms with E-state index in [2.05, 4.69) is 297 Å². The van der Waals surface area contributed by atoms with Crippen LogP contribution in [-0.4, -0.2) is 15.0 Å². The van der Waals surface area contributed by atoms with E-state index in [4.69, 9.17) is 15.0 Å². The highest BCUT2D eigenvalue weighted by Crippen LogP contribution is 2.44. The maximum absolute atomic E-state index is 4.86. The van der Waals surface area contributed by atoms with Crippen LogP contribution in [0.15, 0.2) is 334 Å². The average Bonchev–Trinajstić information content (AvgIpc) is 1.94. The number of hydrogen-bond acceptors (Lipinski definition) is 3. The Morgan fingerprint density at radius 3 is 0.920 bits per heavy atom. The van der Waals surface area contributed by atoms with Crippen molar-refractivity contribution in [3.05, 3.63) is 356 Å². The van der Waals surface area contributed by atoms with Crippen LogP contribution in [0.3, 0.4) is 0 Å². The van der Waals surface area contributed by atoms with Gasteiger partial charge in [0.2, 0.25) is 0 Å². The number of aromatic nitrogens is 3. The number of nitrogens with zero attached hydrogens (tertiary/aromatic N) is 3. The third-order valence-corrected chi connectivity index (χ3v) is 17.0. The number of pyridine rings is 3. The summed E-state index contributed by atoms with van der Waals surface area (Å²) in [6.45, 7) is 0. The molecule has 14 aromatic rings. The van der Waals surface area contributed by atoms with E-state index < -0.39 is 0 Å². The molecule has 3 heterocycles. The molecule has 11 aromatic carbocycles. The van der Waals surface area contributed by atoms with Crippen LogP contribution < -0.4 is 0 Å². The van der Waals surface area contributed by atoms with Crippen LogP contribution >= 0.6 is 0 Å². The summed E-state index contributed by atoms with van der Waals surface area (Å²) in [6, 6.07) is 115. The van der Waals surface area contributed by atoms with E-state index in [0.717, 1.165) is 92.8 Å². The molecular formula is C85H63N3. The van der Waals surface area contributed by atoms with Crippen LogP contribution in [0.4, 0.5) is 0 Å². The molecule has 0 aliphatic carbocycles. The molecule has 418 valence electrons. The summed E-state index contributed by atoms with van der Waals surface area (Å²) in [5.74, 6) is 0. The molecule has 0 bridgehead atoms. The highest BCUT2D eigenvalue weighted by molar-refractivity contribution is 5.96. The number of benzene rings is 11. The second-order valence-electron chi connectivity index (χ2n) is 22.6.